The van der Waals surface area contributed by atoms with Gasteiger partial charge in [-0.2, -0.15) is 0 Å². The molecule has 1 heterocycles. The first-order chi connectivity index (χ1) is 8.97. The van der Waals surface area contributed by atoms with Crippen LogP contribution in [0.25, 0.3) is 0 Å². The van der Waals surface area contributed by atoms with E-state index in [-0.39, 0.29) is 11.9 Å². The molecule has 0 radical (unpaired) electrons. The highest BCUT2D eigenvalue weighted by molar-refractivity contribution is 6.34. The Bertz CT molecular complexity index is 478. The number of halogens is 1. The molecule has 2 rings (SSSR count). The molecule has 0 aromatic heterocycles. The fourth-order valence-corrected chi connectivity index (χ4v) is 2.59. The molecule has 2 unspecified atom stereocenters. The van der Waals surface area contributed by atoms with Crippen molar-refractivity contribution in [2.24, 2.45) is 5.92 Å². The minimum absolute atomic E-state index is 0.0271. The summed E-state index contributed by atoms with van der Waals surface area (Å²) in [6.45, 7) is 6.09. The molecule has 0 aliphatic carbocycles. The summed E-state index contributed by atoms with van der Waals surface area (Å²) in [4.78, 5) is 14.4. The summed E-state index contributed by atoms with van der Waals surface area (Å²) in [6, 6.07) is 4.96. The zero-order valence-electron chi connectivity index (χ0n) is 11.3. The minimum Gasteiger partial charge on any atom is -0.399 e. The van der Waals surface area contributed by atoms with E-state index in [1.165, 1.54) is 0 Å². The molecule has 1 aromatic rings. The molecule has 1 aromatic carbocycles. The van der Waals surface area contributed by atoms with E-state index >= 15 is 0 Å². The van der Waals surface area contributed by atoms with E-state index < -0.39 is 0 Å². The van der Waals surface area contributed by atoms with E-state index in [2.05, 4.69) is 17.1 Å². The molecular weight excluding hydrogens is 262 g/mol. The van der Waals surface area contributed by atoms with Crippen molar-refractivity contribution in [3.05, 3.63) is 23.2 Å². The smallest absolute Gasteiger partial charge is 0.241 e. The van der Waals surface area contributed by atoms with Crippen LogP contribution in [0.5, 0.6) is 0 Å². The molecule has 0 spiro atoms. The largest absolute Gasteiger partial charge is 0.399 e. The number of hydrogen-bond donors (Lipinski definition) is 2. The van der Waals surface area contributed by atoms with Crippen LogP contribution in [0, 0.1) is 5.92 Å². The predicted molar refractivity (Wildman–Crippen MR) is 79.3 cm³/mol. The Morgan fingerprint density at radius 2 is 2.32 bits per heavy atom. The number of nitrogen functional groups attached to an aromatic ring is 1. The van der Waals surface area contributed by atoms with Gasteiger partial charge in [0.15, 0.2) is 0 Å². The average Bonchev–Trinajstić information content (AvgIpc) is 2.78. The number of anilines is 2. The molecule has 3 N–H and O–H groups in total. The second kappa shape index (κ2) is 5.80. The number of nitrogens with one attached hydrogen (secondary N) is 1. The number of carbonyl (C=O) groups is 1. The summed E-state index contributed by atoms with van der Waals surface area (Å²) >= 11 is 6.05. The second-order valence-electron chi connectivity index (χ2n) is 5.29. The zero-order chi connectivity index (χ0) is 14.0. The molecule has 1 saturated heterocycles. The van der Waals surface area contributed by atoms with E-state index in [0.717, 1.165) is 19.5 Å². The second-order valence-corrected chi connectivity index (χ2v) is 5.70. The molecule has 19 heavy (non-hydrogen) atoms. The molecule has 4 nitrogen and oxygen atoms in total. The van der Waals surface area contributed by atoms with Crippen LogP contribution in [0.1, 0.15) is 20.3 Å². The maximum atomic E-state index is 12.2. The highest BCUT2D eigenvalue weighted by atomic mass is 35.5. The van der Waals surface area contributed by atoms with Crippen LogP contribution in [0.15, 0.2) is 18.2 Å². The molecule has 1 fully saturated rings. The summed E-state index contributed by atoms with van der Waals surface area (Å²) < 4.78 is 0. The van der Waals surface area contributed by atoms with Gasteiger partial charge in [0.1, 0.15) is 0 Å². The number of hydrogen-bond acceptors (Lipinski definition) is 3. The minimum atomic E-state index is -0.140. The summed E-state index contributed by atoms with van der Waals surface area (Å²) in [7, 11) is 0. The van der Waals surface area contributed by atoms with Crippen LogP contribution in [-0.4, -0.2) is 29.9 Å². The quantitative estimate of drug-likeness (QED) is 0.837. The Labute approximate surface area is 118 Å². The van der Waals surface area contributed by atoms with Crippen molar-refractivity contribution < 1.29 is 4.79 Å². The highest BCUT2D eigenvalue weighted by Crippen LogP contribution is 2.25. The predicted octanol–water partition coefficient (Wildman–Crippen LogP) is 2.59. The summed E-state index contributed by atoms with van der Waals surface area (Å²) in [5.41, 5.74) is 6.83. The Morgan fingerprint density at radius 1 is 1.58 bits per heavy atom. The van der Waals surface area contributed by atoms with Gasteiger partial charge in [-0.25, -0.2) is 0 Å². The van der Waals surface area contributed by atoms with Crippen molar-refractivity contribution in [3.8, 4) is 0 Å². The summed E-state index contributed by atoms with van der Waals surface area (Å²) in [5, 5.41) is 3.33. The number of rotatable bonds is 3. The molecule has 0 bridgehead atoms. The summed E-state index contributed by atoms with van der Waals surface area (Å²) in [6.07, 6.45) is 1.15. The Hall–Kier alpha value is -1.26. The van der Waals surface area contributed by atoms with Crippen molar-refractivity contribution in [1.29, 1.82) is 0 Å². The van der Waals surface area contributed by atoms with Gasteiger partial charge in [0.2, 0.25) is 5.91 Å². The SMILES string of the molecule is CC1CCN(C(C)C(=O)Nc2ccc(N)cc2Cl)C1. The molecule has 2 atom stereocenters. The normalized spacial score (nSPS) is 21.3. The number of nitrogens with two attached hydrogens (primary N) is 1. The number of likely N-dealkylation sites (tertiary alicyclic amines) is 1. The zero-order valence-corrected chi connectivity index (χ0v) is 12.1. The third-order valence-corrected chi connectivity index (χ3v) is 3.95. The van der Waals surface area contributed by atoms with Crippen LogP contribution in [0.3, 0.4) is 0 Å². The van der Waals surface area contributed by atoms with Crippen LogP contribution in [0.4, 0.5) is 11.4 Å². The van der Waals surface area contributed by atoms with Crippen LogP contribution in [0.2, 0.25) is 5.02 Å². The number of amides is 1. The first kappa shape index (κ1) is 14.2. The van der Waals surface area contributed by atoms with Crippen molar-refractivity contribution in [1.82, 2.24) is 4.90 Å². The topological polar surface area (TPSA) is 58.4 Å². The number of carbonyl (C=O) groups excluding carboxylic acids is 1. The van der Waals surface area contributed by atoms with Gasteiger partial charge in [-0.05, 0) is 44.0 Å². The van der Waals surface area contributed by atoms with Crippen molar-refractivity contribution >= 4 is 28.9 Å². The van der Waals surface area contributed by atoms with Gasteiger partial charge in [-0.15, -0.1) is 0 Å². The molecular formula is C14H20ClN3O. The lowest BCUT2D eigenvalue weighted by Gasteiger charge is -2.23. The van der Waals surface area contributed by atoms with Crippen molar-refractivity contribution in [2.45, 2.75) is 26.3 Å². The first-order valence-electron chi connectivity index (χ1n) is 6.57. The standard InChI is InChI=1S/C14H20ClN3O/c1-9-5-6-18(8-9)10(2)14(19)17-13-4-3-11(16)7-12(13)15/h3-4,7,9-10H,5-6,8,16H2,1-2H3,(H,17,19). The molecule has 0 saturated carbocycles. The van der Waals surface area contributed by atoms with Crippen molar-refractivity contribution in [3.63, 3.8) is 0 Å². The van der Waals surface area contributed by atoms with Gasteiger partial charge in [-0.1, -0.05) is 18.5 Å². The van der Waals surface area contributed by atoms with Crippen LogP contribution < -0.4 is 11.1 Å². The molecule has 1 aliphatic rings. The van der Waals surface area contributed by atoms with E-state index in [1.807, 2.05) is 6.92 Å². The lowest BCUT2D eigenvalue weighted by atomic mass is 10.2. The van der Waals surface area contributed by atoms with Crippen molar-refractivity contribution in [2.75, 3.05) is 24.1 Å². The highest BCUT2D eigenvalue weighted by Gasteiger charge is 2.27. The third-order valence-electron chi connectivity index (χ3n) is 3.63. The van der Waals surface area contributed by atoms with Crippen LogP contribution >= 0.6 is 11.6 Å². The summed E-state index contributed by atoms with van der Waals surface area (Å²) in [5.74, 6) is 0.635. The lowest BCUT2D eigenvalue weighted by molar-refractivity contribution is -0.120. The Morgan fingerprint density at radius 3 is 2.89 bits per heavy atom. The van der Waals surface area contributed by atoms with Gasteiger partial charge >= 0.3 is 0 Å². The van der Waals surface area contributed by atoms with E-state index in [1.54, 1.807) is 18.2 Å². The van der Waals surface area contributed by atoms with Gasteiger partial charge in [0, 0.05) is 12.2 Å². The molecule has 1 aliphatic heterocycles. The number of benzene rings is 1. The Balaban J connectivity index is 2.00. The third kappa shape index (κ3) is 3.39. The fourth-order valence-electron chi connectivity index (χ4n) is 2.36. The van der Waals surface area contributed by atoms with E-state index in [0.29, 0.717) is 22.3 Å². The maximum absolute atomic E-state index is 12.2. The maximum Gasteiger partial charge on any atom is 0.241 e. The molecule has 104 valence electrons. The molecule has 1 amide bonds. The Kier molecular flexibility index (Phi) is 4.32. The lowest BCUT2D eigenvalue weighted by Crippen LogP contribution is -2.40. The van der Waals surface area contributed by atoms with Gasteiger partial charge in [0.05, 0.1) is 16.8 Å². The number of nitrogens with zero attached hydrogens (tertiary/aromatic N) is 1. The van der Waals surface area contributed by atoms with Gasteiger partial charge in [0.25, 0.3) is 0 Å². The fraction of sp³-hybridized carbons (Fsp3) is 0.500. The van der Waals surface area contributed by atoms with E-state index in [9.17, 15) is 4.79 Å². The van der Waals surface area contributed by atoms with E-state index in [4.69, 9.17) is 17.3 Å². The van der Waals surface area contributed by atoms with Gasteiger partial charge < -0.3 is 11.1 Å². The molecule has 5 heteroatoms. The van der Waals surface area contributed by atoms with Crippen LogP contribution in [-0.2, 0) is 4.79 Å². The van der Waals surface area contributed by atoms with Gasteiger partial charge in [-0.3, -0.25) is 9.69 Å². The average molecular weight is 282 g/mol. The first-order valence-corrected chi connectivity index (χ1v) is 6.95. The monoisotopic (exact) mass is 281 g/mol.